The number of benzene rings is 2. The van der Waals surface area contributed by atoms with E-state index in [4.69, 9.17) is 9.97 Å². The maximum Gasteiger partial charge on any atom is 0.160 e. The maximum absolute atomic E-state index is 5.17. The van der Waals surface area contributed by atoms with Crippen LogP contribution in [0.25, 0.3) is 22.6 Å². The Morgan fingerprint density at radius 2 is 1.41 bits per heavy atom. The van der Waals surface area contributed by atoms with Gasteiger partial charge in [-0.05, 0) is 57.7 Å². The summed E-state index contributed by atoms with van der Waals surface area (Å²) in [6.07, 6.45) is 2.21. The van der Waals surface area contributed by atoms with E-state index in [1.807, 2.05) is 0 Å². The van der Waals surface area contributed by atoms with Crippen LogP contribution in [-0.2, 0) is 0 Å². The molecule has 3 rings (SSSR count). The molecule has 0 aliphatic rings. The molecule has 3 nitrogen and oxygen atoms in total. The van der Waals surface area contributed by atoms with Gasteiger partial charge in [-0.25, -0.2) is 9.97 Å². The molecule has 0 bridgehead atoms. The van der Waals surface area contributed by atoms with Crippen molar-refractivity contribution in [3.63, 3.8) is 0 Å². The normalized spacial score (nSPS) is 11.0. The van der Waals surface area contributed by atoms with Crippen molar-refractivity contribution in [2.75, 3.05) is 18.0 Å². The Morgan fingerprint density at radius 1 is 0.793 bits per heavy atom. The van der Waals surface area contributed by atoms with Crippen molar-refractivity contribution in [3.8, 4) is 22.6 Å². The van der Waals surface area contributed by atoms with Crippen molar-refractivity contribution < 1.29 is 0 Å². The molecule has 0 spiro atoms. The van der Waals surface area contributed by atoms with Gasteiger partial charge in [0.25, 0.3) is 0 Å². The van der Waals surface area contributed by atoms with Gasteiger partial charge in [-0.1, -0.05) is 55.8 Å². The summed E-state index contributed by atoms with van der Waals surface area (Å²) < 4.78 is 0. The molecule has 0 aliphatic heterocycles. The van der Waals surface area contributed by atoms with Gasteiger partial charge in [0, 0.05) is 24.2 Å². The van der Waals surface area contributed by atoms with Crippen molar-refractivity contribution in [3.05, 3.63) is 64.8 Å². The first-order valence-corrected chi connectivity index (χ1v) is 10.7. The molecule has 0 radical (unpaired) electrons. The Labute approximate surface area is 175 Å². The third kappa shape index (κ3) is 4.50. The molecule has 0 aliphatic carbocycles. The van der Waals surface area contributed by atoms with Crippen molar-refractivity contribution >= 4 is 5.69 Å². The minimum atomic E-state index is 0.825. The molecule has 2 aromatic carbocycles. The Bertz CT molecular complexity index is 965. The fourth-order valence-electron chi connectivity index (χ4n) is 4.09. The van der Waals surface area contributed by atoms with Crippen LogP contribution in [0.2, 0.25) is 0 Å². The van der Waals surface area contributed by atoms with Crippen molar-refractivity contribution in [2.45, 2.75) is 54.4 Å². The summed E-state index contributed by atoms with van der Waals surface area (Å²) in [5.74, 6) is 0.825. The smallest absolute Gasteiger partial charge is 0.160 e. The number of aromatic nitrogens is 2. The lowest BCUT2D eigenvalue weighted by Gasteiger charge is -2.28. The zero-order valence-corrected chi connectivity index (χ0v) is 18.7. The van der Waals surface area contributed by atoms with E-state index < -0.39 is 0 Å². The average Bonchev–Trinajstić information content (AvgIpc) is 2.67. The summed E-state index contributed by atoms with van der Waals surface area (Å²) >= 11 is 0. The SMILES string of the molecule is CCCN(CCC)c1c(C)nc(-c2c(C)cccc2C)nc1-c1cccc(C)c1. The fraction of sp³-hybridized carbons (Fsp3) is 0.385. The van der Waals surface area contributed by atoms with E-state index in [2.05, 4.69) is 88.9 Å². The van der Waals surface area contributed by atoms with Crippen molar-refractivity contribution in [1.82, 2.24) is 9.97 Å². The third-order valence-corrected chi connectivity index (χ3v) is 5.36. The molecule has 152 valence electrons. The second-order valence-corrected chi connectivity index (χ2v) is 7.95. The Balaban J connectivity index is 2.29. The van der Waals surface area contributed by atoms with Crippen LogP contribution >= 0.6 is 0 Å². The van der Waals surface area contributed by atoms with Crippen LogP contribution in [0.1, 0.15) is 49.1 Å². The molecule has 29 heavy (non-hydrogen) atoms. The molecule has 0 N–H and O–H groups in total. The number of anilines is 1. The lowest BCUT2D eigenvalue weighted by molar-refractivity contribution is 0.739. The van der Waals surface area contributed by atoms with Crippen LogP contribution < -0.4 is 4.90 Å². The summed E-state index contributed by atoms with van der Waals surface area (Å²) in [6, 6.07) is 15.0. The average molecular weight is 388 g/mol. The van der Waals surface area contributed by atoms with E-state index in [-0.39, 0.29) is 0 Å². The quantitative estimate of drug-likeness (QED) is 0.453. The van der Waals surface area contributed by atoms with Gasteiger partial charge in [-0.2, -0.15) is 0 Å². The van der Waals surface area contributed by atoms with Crippen LogP contribution in [-0.4, -0.2) is 23.1 Å². The highest BCUT2D eigenvalue weighted by molar-refractivity contribution is 5.80. The molecule has 3 heteroatoms. The van der Waals surface area contributed by atoms with E-state index in [1.54, 1.807) is 0 Å². The molecule has 0 atom stereocenters. The predicted molar refractivity (Wildman–Crippen MR) is 125 cm³/mol. The Kier molecular flexibility index (Phi) is 6.68. The highest BCUT2D eigenvalue weighted by Gasteiger charge is 2.20. The summed E-state index contributed by atoms with van der Waals surface area (Å²) in [6.45, 7) is 15.0. The van der Waals surface area contributed by atoms with Gasteiger partial charge in [0.05, 0.1) is 17.1 Å². The highest BCUT2D eigenvalue weighted by Crippen LogP contribution is 2.35. The predicted octanol–water partition coefficient (Wildman–Crippen LogP) is 6.67. The van der Waals surface area contributed by atoms with Crippen LogP contribution in [0, 0.1) is 27.7 Å². The molecule has 0 unspecified atom stereocenters. The van der Waals surface area contributed by atoms with Crippen molar-refractivity contribution in [2.24, 2.45) is 0 Å². The number of aryl methyl sites for hydroxylation is 4. The van der Waals surface area contributed by atoms with Gasteiger partial charge in [0.2, 0.25) is 0 Å². The van der Waals surface area contributed by atoms with Crippen LogP contribution in [0.15, 0.2) is 42.5 Å². The van der Waals surface area contributed by atoms with Crippen LogP contribution in [0.4, 0.5) is 5.69 Å². The van der Waals surface area contributed by atoms with E-state index in [9.17, 15) is 0 Å². The molecule has 3 aromatic rings. The molecule has 1 aromatic heterocycles. The van der Waals surface area contributed by atoms with E-state index in [0.29, 0.717) is 0 Å². The van der Waals surface area contributed by atoms with Gasteiger partial charge < -0.3 is 4.90 Å². The molecule has 1 heterocycles. The zero-order valence-electron chi connectivity index (χ0n) is 18.7. The van der Waals surface area contributed by atoms with E-state index in [0.717, 1.165) is 54.3 Å². The van der Waals surface area contributed by atoms with E-state index >= 15 is 0 Å². The minimum Gasteiger partial charge on any atom is -0.368 e. The summed E-state index contributed by atoms with van der Waals surface area (Å²) in [5.41, 5.74) is 9.25. The number of hydrogen-bond acceptors (Lipinski definition) is 3. The second-order valence-electron chi connectivity index (χ2n) is 7.95. The Morgan fingerprint density at radius 3 is 2.00 bits per heavy atom. The first kappa shape index (κ1) is 21.0. The number of rotatable bonds is 7. The fourth-order valence-corrected chi connectivity index (χ4v) is 4.09. The first-order valence-electron chi connectivity index (χ1n) is 10.7. The van der Waals surface area contributed by atoms with Gasteiger partial charge in [-0.3, -0.25) is 0 Å². The number of hydrogen-bond donors (Lipinski definition) is 0. The summed E-state index contributed by atoms with van der Waals surface area (Å²) in [4.78, 5) is 12.6. The van der Waals surface area contributed by atoms with Crippen LogP contribution in [0.3, 0.4) is 0 Å². The minimum absolute atomic E-state index is 0.825. The lowest BCUT2D eigenvalue weighted by Crippen LogP contribution is -2.27. The first-order chi connectivity index (χ1) is 14.0. The Hall–Kier alpha value is -2.68. The monoisotopic (exact) mass is 387 g/mol. The number of nitrogens with zero attached hydrogens (tertiary/aromatic N) is 3. The zero-order chi connectivity index (χ0) is 21.0. The second kappa shape index (κ2) is 9.21. The van der Waals surface area contributed by atoms with Gasteiger partial charge >= 0.3 is 0 Å². The standard InChI is InChI=1S/C26H33N3/c1-7-15-29(16-8-2)25-21(6)27-26(23-19(4)12-10-13-20(23)5)28-24(25)22-14-9-11-18(3)17-22/h9-14,17H,7-8,15-16H2,1-6H3. The largest absolute Gasteiger partial charge is 0.368 e. The molecule has 0 saturated heterocycles. The van der Waals surface area contributed by atoms with Crippen molar-refractivity contribution in [1.29, 1.82) is 0 Å². The summed E-state index contributed by atoms with van der Waals surface area (Å²) in [5, 5.41) is 0. The molecular formula is C26H33N3. The van der Waals surface area contributed by atoms with Gasteiger partial charge in [0.15, 0.2) is 5.82 Å². The molecular weight excluding hydrogens is 354 g/mol. The molecule has 0 amide bonds. The topological polar surface area (TPSA) is 29.0 Å². The van der Waals surface area contributed by atoms with Gasteiger partial charge in [0.1, 0.15) is 0 Å². The molecule has 0 saturated carbocycles. The van der Waals surface area contributed by atoms with E-state index in [1.165, 1.54) is 22.4 Å². The third-order valence-electron chi connectivity index (χ3n) is 5.36. The highest BCUT2D eigenvalue weighted by atomic mass is 15.2. The maximum atomic E-state index is 5.17. The molecule has 0 fully saturated rings. The van der Waals surface area contributed by atoms with Gasteiger partial charge in [-0.15, -0.1) is 0 Å². The van der Waals surface area contributed by atoms with Crippen LogP contribution in [0.5, 0.6) is 0 Å². The lowest BCUT2D eigenvalue weighted by atomic mass is 10.0. The summed E-state index contributed by atoms with van der Waals surface area (Å²) in [7, 11) is 0.